The Morgan fingerprint density at radius 3 is 3.00 bits per heavy atom. The van der Waals surface area contributed by atoms with Crippen LogP contribution in [0, 0.1) is 0 Å². The summed E-state index contributed by atoms with van der Waals surface area (Å²) in [5.41, 5.74) is 3.67. The van der Waals surface area contributed by atoms with Crippen molar-refractivity contribution in [3.63, 3.8) is 0 Å². The van der Waals surface area contributed by atoms with Crippen molar-refractivity contribution >= 4 is 40.2 Å². The molecule has 0 bridgehead atoms. The van der Waals surface area contributed by atoms with Gasteiger partial charge in [-0.25, -0.2) is 4.98 Å². The lowest BCUT2D eigenvalue weighted by molar-refractivity contribution is -0.140. The molecule has 3 heterocycles. The first-order valence-corrected chi connectivity index (χ1v) is 8.36. The molecule has 7 nitrogen and oxygen atoms in total. The second-order valence-corrected chi connectivity index (χ2v) is 6.12. The molecule has 0 saturated heterocycles. The summed E-state index contributed by atoms with van der Waals surface area (Å²) in [6, 6.07) is 8.22. The Balaban J connectivity index is 1.76. The zero-order chi connectivity index (χ0) is 17.4. The average molecular weight is 358 g/mol. The SMILES string of the molecule is COC(=O)CCn1cnc2c(N3CCc4ccccc43)nc(Cl)nc21. The van der Waals surface area contributed by atoms with Crippen LogP contribution in [0.25, 0.3) is 11.2 Å². The Hall–Kier alpha value is -2.67. The lowest BCUT2D eigenvalue weighted by Crippen LogP contribution is -2.16. The van der Waals surface area contributed by atoms with Crippen LogP contribution in [0.3, 0.4) is 0 Å². The minimum absolute atomic E-state index is 0.159. The second-order valence-electron chi connectivity index (χ2n) is 5.78. The van der Waals surface area contributed by atoms with Gasteiger partial charge in [0.2, 0.25) is 5.28 Å². The van der Waals surface area contributed by atoms with Crippen LogP contribution in [-0.4, -0.2) is 39.1 Å². The summed E-state index contributed by atoms with van der Waals surface area (Å²) < 4.78 is 6.49. The first-order chi connectivity index (χ1) is 12.2. The Morgan fingerprint density at radius 1 is 1.32 bits per heavy atom. The van der Waals surface area contributed by atoms with Crippen molar-refractivity contribution in [1.82, 2.24) is 19.5 Å². The molecule has 1 aliphatic rings. The van der Waals surface area contributed by atoms with Crippen molar-refractivity contribution in [1.29, 1.82) is 0 Å². The number of nitrogens with zero attached hydrogens (tertiary/aromatic N) is 5. The van der Waals surface area contributed by atoms with Crippen LogP contribution >= 0.6 is 11.6 Å². The molecule has 0 N–H and O–H groups in total. The number of para-hydroxylation sites is 1. The van der Waals surface area contributed by atoms with Gasteiger partial charge in [0.1, 0.15) is 0 Å². The number of fused-ring (bicyclic) bond motifs is 2. The van der Waals surface area contributed by atoms with Gasteiger partial charge in [0.25, 0.3) is 0 Å². The summed E-state index contributed by atoms with van der Waals surface area (Å²) >= 11 is 6.17. The van der Waals surface area contributed by atoms with Gasteiger partial charge in [-0.1, -0.05) is 18.2 Å². The minimum atomic E-state index is -0.282. The molecule has 0 radical (unpaired) electrons. The Morgan fingerprint density at radius 2 is 2.16 bits per heavy atom. The summed E-state index contributed by atoms with van der Waals surface area (Å²) in [5.74, 6) is 0.410. The van der Waals surface area contributed by atoms with E-state index in [0.717, 1.165) is 18.7 Å². The Labute approximate surface area is 149 Å². The molecule has 1 aromatic carbocycles. The van der Waals surface area contributed by atoms with E-state index < -0.39 is 0 Å². The Kier molecular flexibility index (Phi) is 4.01. The quantitative estimate of drug-likeness (QED) is 0.528. The number of methoxy groups -OCH3 is 1. The smallest absolute Gasteiger partial charge is 0.307 e. The summed E-state index contributed by atoms with van der Waals surface area (Å²) in [4.78, 5) is 26.7. The first-order valence-electron chi connectivity index (χ1n) is 7.98. The number of hydrogen-bond donors (Lipinski definition) is 0. The topological polar surface area (TPSA) is 73.1 Å². The van der Waals surface area contributed by atoms with Crippen LogP contribution in [0.15, 0.2) is 30.6 Å². The van der Waals surface area contributed by atoms with Crippen LogP contribution in [0.2, 0.25) is 5.28 Å². The van der Waals surface area contributed by atoms with Gasteiger partial charge in [0.05, 0.1) is 19.9 Å². The van der Waals surface area contributed by atoms with E-state index in [-0.39, 0.29) is 17.7 Å². The monoisotopic (exact) mass is 357 g/mol. The molecule has 0 spiro atoms. The van der Waals surface area contributed by atoms with Gasteiger partial charge in [0.15, 0.2) is 17.0 Å². The molecule has 8 heteroatoms. The molecule has 1 aliphatic heterocycles. The van der Waals surface area contributed by atoms with E-state index in [0.29, 0.717) is 23.5 Å². The maximum Gasteiger partial charge on any atom is 0.307 e. The van der Waals surface area contributed by atoms with E-state index in [2.05, 4.69) is 36.7 Å². The summed E-state index contributed by atoms with van der Waals surface area (Å²) in [6.07, 6.45) is 2.85. The fourth-order valence-electron chi connectivity index (χ4n) is 3.13. The third-order valence-electron chi connectivity index (χ3n) is 4.35. The maximum absolute atomic E-state index is 11.4. The summed E-state index contributed by atoms with van der Waals surface area (Å²) in [6.45, 7) is 1.24. The van der Waals surface area contributed by atoms with Crippen LogP contribution in [0.1, 0.15) is 12.0 Å². The van der Waals surface area contributed by atoms with Gasteiger partial charge in [0, 0.05) is 18.8 Å². The highest BCUT2D eigenvalue weighted by atomic mass is 35.5. The predicted octanol–water partition coefficient (Wildman–Crippen LogP) is 2.74. The van der Waals surface area contributed by atoms with Gasteiger partial charge in [-0.2, -0.15) is 9.97 Å². The highest BCUT2D eigenvalue weighted by molar-refractivity contribution is 6.28. The second kappa shape index (κ2) is 6.33. The van der Waals surface area contributed by atoms with E-state index in [1.165, 1.54) is 12.7 Å². The average Bonchev–Trinajstić information content (AvgIpc) is 3.23. The maximum atomic E-state index is 11.4. The standard InChI is InChI=1S/C17H16ClN5O2/c1-25-13(24)7-8-22-10-19-14-15(22)20-17(18)21-16(14)23-9-6-11-4-2-3-5-12(11)23/h2-5,10H,6-9H2,1H3. The number of imidazole rings is 1. The minimum Gasteiger partial charge on any atom is -0.469 e. The number of hydrogen-bond acceptors (Lipinski definition) is 6. The Bertz CT molecular complexity index is 955. The number of esters is 1. The molecule has 0 amide bonds. The molecule has 4 rings (SSSR count). The highest BCUT2D eigenvalue weighted by Crippen LogP contribution is 2.36. The van der Waals surface area contributed by atoms with Gasteiger partial charge >= 0.3 is 5.97 Å². The van der Waals surface area contributed by atoms with E-state index in [1.54, 1.807) is 10.9 Å². The molecule has 3 aromatic rings. The van der Waals surface area contributed by atoms with Crippen LogP contribution < -0.4 is 4.90 Å². The molecule has 0 fully saturated rings. The van der Waals surface area contributed by atoms with E-state index >= 15 is 0 Å². The van der Waals surface area contributed by atoms with Crippen molar-refractivity contribution in [2.45, 2.75) is 19.4 Å². The zero-order valence-electron chi connectivity index (χ0n) is 13.6. The summed E-state index contributed by atoms with van der Waals surface area (Å²) in [7, 11) is 1.37. The van der Waals surface area contributed by atoms with Crippen LogP contribution in [0.5, 0.6) is 0 Å². The van der Waals surface area contributed by atoms with E-state index in [9.17, 15) is 4.79 Å². The van der Waals surface area contributed by atoms with Gasteiger partial charge in [-0.15, -0.1) is 0 Å². The molecule has 0 unspecified atom stereocenters. The first kappa shape index (κ1) is 15.8. The van der Waals surface area contributed by atoms with Gasteiger partial charge in [-0.3, -0.25) is 4.79 Å². The van der Waals surface area contributed by atoms with Crippen molar-refractivity contribution < 1.29 is 9.53 Å². The number of aryl methyl sites for hydroxylation is 1. The molecule has 2 aromatic heterocycles. The fourth-order valence-corrected chi connectivity index (χ4v) is 3.29. The van der Waals surface area contributed by atoms with Gasteiger partial charge in [-0.05, 0) is 29.7 Å². The van der Waals surface area contributed by atoms with E-state index in [1.807, 2.05) is 12.1 Å². The van der Waals surface area contributed by atoms with Crippen molar-refractivity contribution in [2.24, 2.45) is 0 Å². The molecular weight excluding hydrogens is 342 g/mol. The predicted molar refractivity (Wildman–Crippen MR) is 94.1 cm³/mol. The lowest BCUT2D eigenvalue weighted by atomic mass is 10.2. The fraction of sp³-hybridized carbons (Fsp3) is 0.294. The van der Waals surface area contributed by atoms with Crippen molar-refractivity contribution in [2.75, 3.05) is 18.6 Å². The van der Waals surface area contributed by atoms with Crippen LogP contribution in [0.4, 0.5) is 11.5 Å². The number of aromatic nitrogens is 4. The molecule has 128 valence electrons. The number of rotatable bonds is 4. The number of carbonyl (C=O) groups is 1. The zero-order valence-corrected chi connectivity index (χ0v) is 14.4. The summed E-state index contributed by atoms with van der Waals surface area (Å²) in [5, 5.41) is 0.159. The molecule has 25 heavy (non-hydrogen) atoms. The van der Waals surface area contributed by atoms with Crippen LogP contribution in [-0.2, 0) is 22.5 Å². The third kappa shape index (κ3) is 2.80. The number of carbonyl (C=O) groups excluding carboxylic acids is 1. The van der Waals surface area contributed by atoms with Crippen molar-refractivity contribution in [3.8, 4) is 0 Å². The number of anilines is 2. The van der Waals surface area contributed by atoms with E-state index in [4.69, 9.17) is 11.6 Å². The largest absolute Gasteiger partial charge is 0.469 e. The third-order valence-corrected chi connectivity index (χ3v) is 4.51. The molecule has 0 saturated carbocycles. The van der Waals surface area contributed by atoms with Crippen molar-refractivity contribution in [3.05, 3.63) is 41.4 Å². The number of ether oxygens (including phenoxy) is 1. The number of halogens is 1. The highest BCUT2D eigenvalue weighted by Gasteiger charge is 2.25. The molecule has 0 aliphatic carbocycles. The normalized spacial score (nSPS) is 13.3. The van der Waals surface area contributed by atoms with Gasteiger partial charge < -0.3 is 14.2 Å². The molecular formula is C17H16ClN5O2. The number of benzene rings is 1. The molecule has 0 atom stereocenters. The lowest BCUT2D eigenvalue weighted by Gasteiger charge is -2.18.